The number of rotatable bonds is 9. The van der Waals surface area contributed by atoms with Crippen molar-refractivity contribution in [3.8, 4) is 11.5 Å². The first-order valence-corrected chi connectivity index (χ1v) is 8.75. The molecule has 1 aromatic carbocycles. The largest absolute Gasteiger partial charge is 0.490 e. The van der Waals surface area contributed by atoms with Crippen molar-refractivity contribution in [2.45, 2.75) is 46.4 Å². The van der Waals surface area contributed by atoms with E-state index in [4.69, 9.17) is 9.47 Å². The predicted molar refractivity (Wildman–Crippen MR) is 92.9 cm³/mol. The maximum Gasteiger partial charge on any atom is 0.161 e. The lowest BCUT2D eigenvalue weighted by atomic mass is 10.1. The van der Waals surface area contributed by atoms with Gasteiger partial charge in [0.1, 0.15) is 6.61 Å². The normalized spacial score (nSPS) is 12.1. The Bertz CT molecular complexity index is 554. The highest BCUT2D eigenvalue weighted by atomic mass is 32.1. The third kappa shape index (κ3) is 5.04. The SMILES string of the molecule is CCOc1cc(CN[C@@H](C)CC)ccc1OCc1cccs1. The van der Waals surface area contributed by atoms with E-state index in [1.54, 1.807) is 11.3 Å². The summed E-state index contributed by atoms with van der Waals surface area (Å²) < 4.78 is 11.6. The highest BCUT2D eigenvalue weighted by molar-refractivity contribution is 7.09. The van der Waals surface area contributed by atoms with Crippen molar-refractivity contribution in [3.63, 3.8) is 0 Å². The minimum absolute atomic E-state index is 0.519. The number of benzene rings is 1. The monoisotopic (exact) mass is 319 g/mol. The van der Waals surface area contributed by atoms with E-state index in [1.807, 2.05) is 19.1 Å². The molecule has 2 aromatic rings. The van der Waals surface area contributed by atoms with Gasteiger partial charge in [0.15, 0.2) is 11.5 Å². The summed E-state index contributed by atoms with van der Waals surface area (Å²) in [5, 5.41) is 5.56. The average Bonchev–Trinajstić information content (AvgIpc) is 3.05. The van der Waals surface area contributed by atoms with Gasteiger partial charge in [0.05, 0.1) is 6.61 Å². The summed E-state index contributed by atoms with van der Waals surface area (Å²) in [6.45, 7) is 8.44. The number of thiophene rings is 1. The number of hydrogen-bond donors (Lipinski definition) is 1. The van der Waals surface area contributed by atoms with E-state index < -0.39 is 0 Å². The molecule has 0 fully saturated rings. The summed E-state index contributed by atoms with van der Waals surface area (Å²) >= 11 is 1.70. The summed E-state index contributed by atoms with van der Waals surface area (Å²) in [5.41, 5.74) is 1.22. The van der Waals surface area contributed by atoms with Gasteiger partial charge in [-0.25, -0.2) is 0 Å². The van der Waals surface area contributed by atoms with E-state index in [0.29, 0.717) is 19.3 Å². The molecule has 0 amide bonds. The van der Waals surface area contributed by atoms with Gasteiger partial charge in [0, 0.05) is 17.5 Å². The highest BCUT2D eigenvalue weighted by Crippen LogP contribution is 2.29. The average molecular weight is 319 g/mol. The van der Waals surface area contributed by atoms with Gasteiger partial charge in [-0.05, 0) is 49.4 Å². The van der Waals surface area contributed by atoms with Crippen LogP contribution in [0.2, 0.25) is 0 Å². The minimum atomic E-state index is 0.519. The molecule has 0 aliphatic carbocycles. The molecule has 1 N–H and O–H groups in total. The van der Waals surface area contributed by atoms with Crippen LogP contribution in [-0.2, 0) is 13.2 Å². The molecule has 1 aromatic heterocycles. The van der Waals surface area contributed by atoms with E-state index in [9.17, 15) is 0 Å². The highest BCUT2D eigenvalue weighted by Gasteiger charge is 2.08. The van der Waals surface area contributed by atoms with Gasteiger partial charge in [-0.15, -0.1) is 11.3 Å². The Morgan fingerprint density at radius 1 is 1.14 bits per heavy atom. The molecule has 3 nitrogen and oxygen atoms in total. The van der Waals surface area contributed by atoms with Crippen molar-refractivity contribution in [1.29, 1.82) is 0 Å². The molecule has 1 atom stereocenters. The summed E-state index contributed by atoms with van der Waals surface area (Å²) in [5.74, 6) is 1.63. The van der Waals surface area contributed by atoms with Gasteiger partial charge < -0.3 is 14.8 Å². The van der Waals surface area contributed by atoms with E-state index in [1.165, 1.54) is 10.4 Å². The summed E-state index contributed by atoms with van der Waals surface area (Å²) in [4.78, 5) is 1.21. The van der Waals surface area contributed by atoms with Crippen LogP contribution in [0.1, 0.15) is 37.6 Å². The summed E-state index contributed by atoms with van der Waals surface area (Å²) in [6.07, 6.45) is 1.13. The van der Waals surface area contributed by atoms with E-state index in [-0.39, 0.29) is 0 Å². The standard InChI is InChI=1S/C18H25NO2S/c1-4-14(3)19-12-15-8-9-17(18(11-15)20-5-2)21-13-16-7-6-10-22-16/h6-11,14,19H,4-5,12-13H2,1-3H3/t14-/m0/s1. The van der Waals surface area contributed by atoms with Crippen LogP contribution in [-0.4, -0.2) is 12.6 Å². The molecule has 0 aliphatic heterocycles. The quantitative estimate of drug-likeness (QED) is 0.732. The van der Waals surface area contributed by atoms with Gasteiger partial charge in [-0.2, -0.15) is 0 Å². The second-order valence-electron chi connectivity index (χ2n) is 5.27. The van der Waals surface area contributed by atoms with Crippen molar-refractivity contribution in [2.24, 2.45) is 0 Å². The molecule has 2 rings (SSSR count). The Hall–Kier alpha value is -1.52. The van der Waals surface area contributed by atoms with Crippen LogP contribution in [0.15, 0.2) is 35.7 Å². The first-order valence-electron chi connectivity index (χ1n) is 7.87. The third-order valence-electron chi connectivity index (χ3n) is 3.53. The molecule has 1 heterocycles. The first-order chi connectivity index (χ1) is 10.7. The Morgan fingerprint density at radius 2 is 2.00 bits per heavy atom. The summed E-state index contributed by atoms with van der Waals surface area (Å²) in [6, 6.07) is 10.8. The minimum Gasteiger partial charge on any atom is -0.490 e. The molecule has 0 radical (unpaired) electrons. The smallest absolute Gasteiger partial charge is 0.161 e. The molecule has 4 heteroatoms. The third-order valence-corrected chi connectivity index (χ3v) is 4.37. The molecule has 0 saturated heterocycles. The van der Waals surface area contributed by atoms with Gasteiger partial charge in [0.25, 0.3) is 0 Å². The molecular formula is C18H25NO2S. The van der Waals surface area contributed by atoms with Crippen molar-refractivity contribution < 1.29 is 9.47 Å². The summed E-state index contributed by atoms with van der Waals surface area (Å²) in [7, 11) is 0. The molecule has 22 heavy (non-hydrogen) atoms. The van der Waals surface area contributed by atoms with Gasteiger partial charge in [-0.3, -0.25) is 0 Å². The predicted octanol–water partition coefficient (Wildman–Crippen LogP) is 4.61. The van der Waals surface area contributed by atoms with Crippen LogP contribution in [0.3, 0.4) is 0 Å². The van der Waals surface area contributed by atoms with Gasteiger partial charge in [0.2, 0.25) is 0 Å². The van der Waals surface area contributed by atoms with Crippen molar-refractivity contribution >= 4 is 11.3 Å². The van der Waals surface area contributed by atoms with E-state index in [2.05, 4.69) is 42.7 Å². The zero-order valence-corrected chi connectivity index (χ0v) is 14.4. The molecule has 0 spiro atoms. The molecule has 120 valence electrons. The lowest BCUT2D eigenvalue weighted by Crippen LogP contribution is -2.24. The molecular weight excluding hydrogens is 294 g/mol. The number of nitrogens with one attached hydrogen (secondary N) is 1. The maximum atomic E-state index is 5.90. The second-order valence-corrected chi connectivity index (χ2v) is 6.30. The number of ether oxygens (including phenoxy) is 2. The molecule has 0 unspecified atom stereocenters. The van der Waals surface area contributed by atoms with Crippen molar-refractivity contribution in [1.82, 2.24) is 5.32 Å². The fourth-order valence-corrected chi connectivity index (χ4v) is 2.65. The lowest BCUT2D eigenvalue weighted by molar-refractivity contribution is 0.271. The Labute approximate surface area is 137 Å². The van der Waals surface area contributed by atoms with Crippen LogP contribution in [0.5, 0.6) is 11.5 Å². The second kappa shape index (κ2) is 8.81. The first kappa shape index (κ1) is 16.8. The number of hydrogen-bond acceptors (Lipinski definition) is 4. The van der Waals surface area contributed by atoms with E-state index in [0.717, 1.165) is 24.5 Å². The Kier molecular flexibility index (Phi) is 6.74. The zero-order valence-electron chi connectivity index (χ0n) is 13.6. The molecule has 0 saturated carbocycles. The van der Waals surface area contributed by atoms with Gasteiger partial charge >= 0.3 is 0 Å². The zero-order chi connectivity index (χ0) is 15.8. The van der Waals surface area contributed by atoms with Gasteiger partial charge in [-0.1, -0.05) is 19.1 Å². The van der Waals surface area contributed by atoms with Crippen LogP contribution < -0.4 is 14.8 Å². The Balaban J connectivity index is 2.02. The fraction of sp³-hybridized carbons (Fsp3) is 0.444. The fourth-order valence-electron chi connectivity index (χ4n) is 2.03. The van der Waals surface area contributed by atoms with Crippen LogP contribution in [0.4, 0.5) is 0 Å². The van der Waals surface area contributed by atoms with Crippen LogP contribution >= 0.6 is 11.3 Å². The van der Waals surface area contributed by atoms with Crippen LogP contribution in [0.25, 0.3) is 0 Å². The molecule has 0 aliphatic rings. The maximum absolute atomic E-state index is 5.90. The van der Waals surface area contributed by atoms with Crippen LogP contribution in [0, 0.1) is 0 Å². The van der Waals surface area contributed by atoms with Crippen molar-refractivity contribution in [3.05, 3.63) is 46.2 Å². The molecule has 0 bridgehead atoms. The van der Waals surface area contributed by atoms with E-state index >= 15 is 0 Å². The Morgan fingerprint density at radius 3 is 2.68 bits per heavy atom. The topological polar surface area (TPSA) is 30.5 Å². The van der Waals surface area contributed by atoms with Crippen molar-refractivity contribution in [2.75, 3.05) is 6.61 Å². The lowest BCUT2D eigenvalue weighted by Gasteiger charge is -2.15.